The van der Waals surface area contributed by atoms with E-state index in [2.05, 4.69) is 34.4 Å². The molecule has 0 bridgehead atoms. The number of aromatic nitrogens is 4. The van der Waals surface area contributed by atoms with Crippen LogP contribution in [-0.4, -0.2) is 37.3 Å². The van der Waals surface area contributed by atoms with Gasteiger partial charge < -0.3 is 4.90 Å². The van der Waals surface area contributed by atoms with Crippen LogP contribution in [0.5, 0.6) is 0 Å². The first-order valence-electron chi connectivity index (χ1n) is 8.03. The van der Waals surface area contributed by atoms with E-state index in [1.54, 1.807) is 16.0 Å². The molecule has 0 radical (unpaired) electrons. The van der Waals surface area contributed by atoms with E-state index in [9.17, 15) is 4.79 Å². The zero-order valence-corrected chi connectivity index (χ0v) is 14.5. The van der Waals surface area contributed by atoms with Gasteiger partial charge in [-0.05, 0) is 38.0 Å². The van der Waals surface area contributed by atoms with Crippen molar-refractivity contribution in [3.8, 4) is 10.6 Å². The molecule has 0 spiro atoms. The van der Waals surface area contributed by atoms with E-state index in [4.69, 9.17) is 0 Å². The summed E-state index contributed by atoms with van der Waals surface area (Å²) in [6.45, 7) is 2.83. The highest BCUT2D eigenvalue weighted by Gasteiger charge is 2.32. The molecule has 0 aliphatic carbocycles. The van der Waals surface area contributed by atoms with Crippen molar-refractivity contribution in [2.24, 2.45) is 7.05 Å². The van der Waals surface area contributed by atoms with Crippen molar-refractivity contribution >= 4 is 17.2 Å². The highest BCUT2D eigenvalue weighted by atomic mass is 32.1. The third kappa shape index (κ3) is 2.65. The number of H-pyrrole nitrogens is 1. The van der Waals surface area contributed by atoms with Crippen LogP contribution in [0, 0.1) is 6.92 Å². The Morgan fingerprint density at radius 1 is 1.42 bits per heavy atom. The standard InChI is InChI=1S/C17H19N5OS/c1-11-5-6-16(24-11)13-8-14(20-19-13)17(23)22-7-3-4-15(22)12-9-18-21(2)10-12/h5-6,8-10,15H,3-4,7H2,1-2H3,(H,19,20)/t15-/m1/s1. The number of rotatable bonds is 3. The second-order valence-corrected chi connectivity index (χ2v) is 7.47. The maximum atomic E-state index is 12.9. The van der Waals surface area contributed by atoms with Gasteiger partial charge in [-0.1, -0.05) is 0 Å². The number of thiophene rings is 1. The Balaban J connectivity index is 1.58. The molecule has 1 saturated heterocycles. The van der Waals surface area contributed by atoms with Gasteiger partial charge in [-0.2, -0.15) is 10.2 Å². The lowest BCUT2D eigenvalue weighted by Gasteiger charge is -2.22. The number of carbonyl (C=O) groups excluding carboxylic acids is 1. The van der Waals surface area contributed by atoms with E-state index in [0.717, 1.165) is 35.5 Å². The average Bonchev–Trinajstić information content (AvgIpc) is 3.33. The topological polar surface area (TPSA) is 66.8 Å². The van der Waals surface area contributed by atoms with Crippen LogP contribution in [0.4, 0.5) is 0 Å². The molecule has 1 fully saturated rings. The van der Waals surface area contributed by atoms with Gasteiger partial charge in [0, 0.05) is 30.2 Å². The van der Waals surface area contributed by atoms with Gasteiger partial charge in [0.1, 0.15) is 0 Å². The van der Waals surface area contributed by atoms with Crippen molar-refractivity contribution in [1.82, 2.24) is 24.9 Å². The third-order valence-corrected chi connectivity index (χ3v) is 5.46. The highest BCUT2D eigenvalue weighted by molar-refractivity contribution is 7.15. The summed E-state index contributed by atoms with van der Waals surface area (Å²) in [6, 6.07) is 6.07. The van der Waals surface area contributed by atoms with Crippen molar-refractivity contribution in [2.75, 3.05) is 6.54 Å². The number of hydrogen-bond donors (Lipinski definition) is 1. The maximum Gasteiger partial charge on any atom is 0.274 e. The van der Waals surface area contributed by atoms with E-state index in [-0.39, 0.29) is 11.9 Å². The molecular weight excluding hydrogens is 322 g/mol. The number of aromatic amines is 1. The number of carbonyl (C=O) groups is 1. The predicted octanol–water partition coefficient (Wildman–Crippen LogP) is 3.16. The second kappa shape index (κ2) is 5.90. The molecule has 3 aromatic rings. The lowest BCUT2D eigenvalue weighted by Crippen LogP contribution is -2.30. The number of amides is 1. The first kappa shape index (κ1) is 15.1. The molecule has 24 heavy (non-hydrogen) atoms. The Bertz CT molecular complexity index is 877. The largest absolute Gasteiger partial charge is 0.330 e. The molecule has 4 rings (SSSR count). The summed E-state index contributed by atoms with van der Waals surface area (Å²) >= 11 is 1.69. The molecule has 4 heterocycles. The van der Waals surface area contributed by atoms with Gasteiger partial charge in [0.15, 0.2) is 5.69 Å². The summed E-state index contributed by atoms with van der Waals surface area (Å²) in [5.74, 6) is -0.0165. The van der Waals surface area contributed by atoms with E-state index in [0.29, 0.717) is 5.69 Å². The average molecular weight is 341 g/mol. The minimum atomic E-state index is -0.0165. The molecule has 1 aliphatic heterocycles. The molecule has 1 aliphatic rings. The van der Waals surface area contributed by atoms with Crippen molar-refractivity contribution in [2.45, 2.75) is 25.8 Å². The smallest absolute Gasteiger partial charge is 0.274 e. The number of nitrogens with one attached hydrogen (secondary N) is 1. The maximum absolute atomic E-state index is 12.9. The first-order chi connectivity index (χ1) is 11.6. The van der Waals surface area contributed by atoms with E-state index < -0.39 is 0 Å². The van der Waals surface area contributed by atoms with Crippen molar-refractivity contribution < 1.29 is 4.79 Å². The summed E-state index contributed by atoms with van der Waals surface area (Å²) in [7, 11) is 1.90. The normalized spacial score (nSPS) is 17.6. The van der Waals surface area contributed by atoms with Crippen LogP contribution in [0.2, 0.25) is 0 Å². The molecule has 124 valence electrons. The van der Waals surface area contributed by atoms with Crippen LogP contribution >= 0.6 is 11.3 Å². The number of likely N-dealkylation sites (tertiary alicyclic amines) is 1. The molecule has 0 saturated carbocycles. The van der Waals surface area contributed by atoms with Crippen molar-refractivity contribution in [1.29, 1.82) is 0 Å². The van der Waals surface area contributed by atoms with Gasteiger partial charge in [-0.25, -0.2) is 0 Å². The molecule has 1 atom stereocenters. The van der Waals surface area contributed by atoms with Gasteiger partial charge in [0.05, 0.1) is 22.8 Å². The van der Waals surface area contributed by atoms with Gasteiger partial charge in [0.25, 0.3) is 5.91 Å². The zero-order chi connectivity index (χ0) is 16.7. The summed E-state index contributed by atoms with van der Waals surface area (Å²) in [4.78, 5) is 17.2. The number of nitrogens with zero attached hydrogens (tertiary/aromatic N) is 4. The van der Waals surface area contributed by atoms with Gasteiger partial charge in [-0.3, -0.25) is 14.6 Å². The lowest BCUT2D eigenvalue weighted by atomic mass is 10.1. The SMILES string of the molecule is Cc1ccc(-c2cc(C(=O)N3CCC[C@@H]3c3cnn(C)c3)n[nH]2)s1. The van der Waals surface area contributed by atoms with Gasteiger partial charge >= 0.3 is 0 Å². The van der Waals surface area contributed by atoms with Gasteiger partial charge in [-0.15, -0.1) is 11.3 Å². The Hall–Kier alpha value is -2.41. The fourth-order valence-electron chi connectivity index (χ4n) is 3.25. The summed E-state index contributed by atoms with van der Waals surface area (Å²) in [5, 5.41) is 11.5. The van der Waals surface area contributed by atoms with E-state index in [1.165, 1.54) is 4.88 Å². The number of hydrogen-bond acceptors (Lipinski definition) is 4. The van der Waals surface area contributed by atoms with E-state index >= 15 is 0 Å². The molecule has 6 nitrogen and oxygen atoms in total. The Kier molecular flexibility index (Phi) is 3.72. The van der Waals surface area contributed by atoms with Crippen molar-refractivity contribution in [3.05, 3.63) is 46.7 Å². The highest BCUT2D eigenvalue weighted by Crippen LogP contribution is 2.33. The van der Waals surface area contributed by atoms with E-state index in [1.807, 2.05) is 30.4 Å². The summed E-state index contributed by atoms with van der Waals surface area (Å²) < 4.78 is 1.78. The minimum absolute atomic E-state index is 0.0165. The molecule has 7 heteroatoms. The molecule has 0 aromatic carbocycles. The van der Waals surface area contributed by atoms with Crippen LogP contribution in [0.1, 0.15) is 39.8 Å². The number of aryl methyl sites for hydroxylation is 2. The Labute approximate surface area is 144 Å². The monoisotopic (exact) mass is 341 g/mol. The zero-order valence-electron chi connectivity index (χ0n) is 13.7. The first-order valence-corrected chi connectivity index (χ1v) is 8.85. The summed E-state index contributed by atoms with van der Waals surface area (Å²) in [6.07, 6.45) is 5.81. The Morgan fingerprint density at radius 3 is 3.00 bits per heavy atom. The van der Waals surface area contributed by atoms with Crippen molar-refractivity contribution in [3.63, 3.8) is 0 Å². The lowest BCUT2D eigenvalue weighted by molar-refractivity contribution is 0.0729. The second-order valence-electron chi connectivity index (χ2n) is 6.18. The summed E-state index contributed by atoms with van der Waals surface area (Å²) in [5.41, 5.74) is 2.47. The molecule has 3 aromatic heterocycles. The molecule has 1 N–H and O–H groups in total. The molecule has 0 unspecified atom stereocenters. The van der Waals surface area contributed by atoms with Crippen LogP contribution in [-0.2, 0) is 7.05 Å². The third-order valence-electron chi connectivity index (χ3n) is 4.43. The fourth-order valence-corrected chi connectivity index (χ4v) is 4.09. The predicted molar refractivity (Wildman–Crippen MR) is 92.9 cm³/mol. The van der Waals surface area contributed by atoms with Crippen LogP contribution in [0.15, 0.2) is 30.6 Å². The minimum Gasteiger partial charge on any atom is -0.330 e. The molecular formula is C17H19N5OS. The van der Waals surface area contributed by atoms with Crippen LogP contribution < -0.4 is 0 Å². The fraction of sp³-hybridized carbons (Fsp3) is 0.353. The molecule has 1 amide bonds. The van der Waals surface area contributed by atoms with Crippen LogP contribution in [0.3, 0.4) is 0 Å². The van der Waals surface area contributed by atoms with Crippen LogP contribution in [0.25, 0.3) is 10.6 Å². The Morgan fingerprint density at radius 2 is 2.29 bits per heavy atom. The van der Waals surface area contributed by atoms with Gasteiger partial charge in [0.2, 0.25) is 0 Å². The quantitative estimate of drug-likeness (QED) is 0.796.